The molecule has 0 radical (unpaired) electrons. The molecule has 0 saturated heterocycles. The zero-order valence-corrected chi connectivity index (χ0v) is 14.3. The summed E-state index contributed by atoms with van der Waals surface area (Å²) in [4.78, 5) is 12.1. The molecule has 0 spiro atoms. The Labute approximate surface area is 134 Å². The number of carbonyl (C=O) groups is 1. The van der Waals surface area contributed by atoms with E-state index in [0.29, 0.717) is 18.9 Å². The maximum atomic E-state index is 12.1. The van der Waals surface area contributed by atoms with Gasteiger partial charge in [-0.25, -0.2) is 0 Å². The van der Waals surface area contributed by atoms with Crippen LogP contribution in [0.25, 0.3) is 0 Å². The summed E-state index contributed by atoms with van der Waals surface area (Å²) in [6, 6.07) is 7.95. The third-order valence-corrected chi connectivity index (χ3v) is 4.16. The number of hydrogen-bond acceptors (Lipinski definition) is 3. The SMILES string of the molecule is CCCOc1ccc(CCC(=O)NC(C)(CN)C(C)C)cc1. The molecule has 0 aliphatic carbocycles. The first-order chi connectivity index (χ1) is 10.4. The van der Waals surface area contributed by atoms with Crippen LogP contribution in [0.4, 0.5) is 0 Å². The van der Waals surface area contributed by atoms with Crippen LogP contribution in [-0.2, 0) is 11.2 Å². The van der Waals surface area contributed by atoms with Crippen molar-refractivity contribution in [3.8, 4) is 5.75 Å². The van der Waals surface area contributed by atoms with Gasteiger partial charge in [0.1, 0.15) is 5.75 Å². The highest BCUT2D eigenvalue weighted by Gasteiger charge is 2.28. The molecule has 1 atom stereocenters. The van der Waals surface area contributed by atoms with E-state index in [-0.39, 0.29) is 11.4 Å². The molecule has 0 saturated carbocycles. The van der Waals surface area contributed by atoms with E-state index in [1.807, 2.05) is 31.2 Å². The van der Waals surface area contributed by atoms with Crippen molar-refractivity contribution in [3.63, 3.8) is 0 Å². The van der Waals surface area contributed by atoms with Gasteiger partial charge in [0.05, 0.1) is 12.1 Å². The third-order valence-electron chi connectivity index (χ3n) is 4.16. The number of aryl methyl sites for hydroxylation is 1. The van der Waals surface area contributed by atoms with Crippen molar-refractivity contribution in [3.05, 3.63) is 29.8 Å². The van der Waals surface area contributed by atoms with Gasteiger partial charge in [0.25, 0.3) is 0 Å². The first-order valence-electron chi connectivity index (χ1n) is 8.14. The van der Waals surface area contributed by atoms with Gasteiger partial charge >= 0.3 is 0 Å². The van der Waals surface area contributed by atoms with Crippen molar-refractivity contribution in [2.75, 3.05) is 13.2 Å². The number of nitrogens with two attached hydrogens (primary N) is 1. The van der Waals surface area contributed by atoms with Crippen LogP contribution in [0.15, 0.2) is 24.3 Å². The molecule has 22 heavy (non-hydrogen) atoms. The fourth-order valence-corrected chi connectivity index (χ4v) is 2.04. The lowest BCUT2D eigenvalue weighted by Gasteiger charge is -2.33. The molecule has 0 heterocycles. The molecule has 1 rings (SSSR count). The molecule has 0 fully saturated rings. The molecule has 0 aliphatic heterocycles. The molecule has 4 heteroatoms. The predicted octanol–water partition coefficient (Wildman–Crippen LogP) is 2.90. The Morgan fingerprint density at radius 1 is 1.32 bits per heavy atom. The second-order valence-electron chi connectivity index (χ2n) is 6.32. The van der Waals surface area contributed by atoms with E-state index in [4.69, 9.17) is 10.5 Å². The van der Waals surface area contributed by atoms with Gasteiger partial charge in [-0.15, -0.1) is 0 Å². The zero-order chi connectivity index (χ0) is 16.6. The van der Waals surface area contributed by atoms with Crippen LogP contribution in [-0.4, -0.2) is 24.6 Å². The zero-order valence-electron chi connectivity index (χ0n) is 14.3. The fraction of sp³-hybridized carbons (Fsp3) is 0.611. The number of rotatable bonds is 9. The molecule has 3 N–H and O–H groups in total. The Kier molecular flexibility index (Phi) is 7.39. The average molecular weight is 306 g/mol. The normalized spacial score (nSPS) is 13.7. The molecule has 124 valence electrons. The lowest BCUT2D eigenvalue weighted by Crippen LogP contribution is -2.55. The standard InChI is InChI=1S/C18H30N2O2/c1-5-12-22-16-9-6-15(7-10-16)8-11-17(21)20-18(4,13-19)14(2)3/h6-7,9-10,14H,5,8,11-13,19H2,1-4H3,(H,20,21). The van der Waals surface area contributed by atoms with E-state index >= 15 is 0 Å². The second kappa shape index (κ2) is 8.79. The summed E-state index contributed by atoms with van der Waals surface area (Å²) in [5, 5.41) is 3.06. The minimum absolute atomic E-state index is 0.0490. The lowest BCUT2D eigenvalue weighted by molar-refractivity contribution is -0.123. The Morgan fingerprint density at radius 2 is 1.95 bits per heavy atom. The lowest BCUT2D eigenvalue weighted by atomic mass is 9.88. The highest BCUT2D eigenvalue weighted by atomic mass is 16.5. The van der Waals surface area contributed by atoms with Crippen molar-refractivity contribution >= 4 is 5.91 Å². The Hall–Kier alpha value is -1.55. The van der Waals surface area contributed by atoms with Gasteiger partial charge in [-0.1, -0.05) is 32.9 Å². The van der Waals surface area contributed by atoms with E-state index < -0.39 is 0 Å². The van der Waals surface area contributed by atoms with Crippen LogP contribution in [0.1, 0.15) is 46.1 Å². The van der Waals surface area contributed by atoms with Gasteiger partial charge in [-0.2, -0.15) is 0 Å². The van der Waals surface area contributed by atoms with E-state index in [1.54, 1.807) is 0 Å². The van der Waals surface area contributed by atoms with E-state index in [0.717, 1.165) is 30.8 Å². The van der Waals surface area contributed by atoms with Gasteiger partial charge in [0.2, 0.25) is 5.91 Å². The third kappa shape index (κ3) is 5.68. The summed E-state index contributed by atoms with van der Waals surface area (Å²) < 4.78 is 5.55. The number of carbonyl (C=O) groups excluding carboxylic acids is 1. The highest BCUT2D eigenvalue weighted by molar-refractivity contribution is 5.77. The maximum Gasteiger partial charge on any atom is 0.220 e. The minimum Gasteiger partial charge on any atom is -0.494 e. The molecule has 1 aromatic rings. The number of amides is 1. The van der Waals surface area contributed by atoms with Crippen molar-refractivity contribution < 1.29 is 9.53 Å². The monoisotopic (exact) mass is 306 g/mol. The van der Waals surface area contributed by atoms with Crippen LogP contribution in [0.3, 0.4) is 0 Å². The number of nitrogens with one attached hydrogen (secondary N) is 1. The van der Waals surface area contributed by atoms with Crippen molar-refractivity contribution in [2.45, 2.75) is 52.5 Å². The quantitative estimate of drug-likeness (QED) is 0.737. The van der Waals surface area contributed by atoms with E-state index in [2.05, 4.69) is 26.1 Å². The molecule has 1 amide bonds. The summed E-state index contributed by atoms with van der Waals surface area (Å²) in [5.41, 5.74) is 6.59. The van der Waals surface area contributed by atoms with Gasteiger partial charge < -0.3 is 15.8 Å². The summed E-state index contributed by atoms with van der Waals surface area (Å²) in [6.07, 6.45) is 2.19. The van der Waals surface area contributed by atoms with Gasteiger partial charge in [-0.05, 0) is 43.4 Å². The molecular weight excluding hydrogens is 276 g/mol. The maximum absolute atomic E-state index is 12.1. The summed E-state index contributed by atoms with van der Waals surface area (Å²) >= 11 is 0. The van der Waals surface area contributed by atoms with Crippen molar-refractivity contribution in [1.29, 1.82) is 0 Å². The second-order valence-corrected chi connectivity index (χ2v) is 6.32. The van der Waals surface area contributed by atoms with Gasteiger partial charge in [0.15, 0.2) is 0 Å². The summed E-state index contributed by atoms with van der Waals surface area (Å²) in [7, 11) is 0. The molecule has 1 unspecified atom stereocenters. The average Bonchev–Trinajstić information content (AvgIpc) is 2.51. The summed E-state index contributed by atoms with van der Waals surface area (Å²) in [5.74, 6) is 1.23. The molecule has 4 nitrogen and oxygen atoms in total. The first kappa shape index (κ1) is 18.5. The van der Waals surface area contributed by atoms with E-state index in [1.165, 1.54) is 0 Å². The Morgan fingerprint density at radius 3 is 2.45 bits per heavy atom. The highest BCUT2D eigenvalue weighted by Crippen LogP contribution is 2.16. The van der Waals surface area contributed by atoms with Crippen LogP contribution in [0.2, 0.25) is 0 Å². The van der Waals surface area contributed by atoms with Crippen molar-refractivity contribution in [1.82, 2.24) is 5.32 Å². The van der Waals surface area contributed by atoms with Crippen LogP contribution < -0.4 is 15.8 Å². The molecule has 0 aliphatic rings. The number of hydrogen-bond donors (Lipinski definition) is 2. The van der Waals surface area contributed by atoms with Crippen LogP contribution >= 0.6 is 0 Å². The van der Waals surface area contributed by atoms with E-state index in [9.17, 15) is 4.79 Å². The number of ether oxygens (including phenoxy) is 1. The summed E-state index contributed by atoms with van der Waals surface area (Å²) in [6.45, 7) is 9.40. The predicted molar refractivity (Wildman–Crippen MR) is 91.0 cm³/mol. The minimum atomic E-state index is -0.338. The van der Waals surface area contributed by atoms with Gasteiger partial charge in [-0.3, -0.25) is 4.79 Å². The van der Waals surface area contributed by atoms with Crippen LogP contribution in [0, 0.1) is 5.92 Å². The first-order valence-corrected chi connectivity index (χ1v) is 8.14. The molecule has 0 aromatic heterocycles. The smallest absolute Gasteiger partial charge is 0.220 e. The van der Waals surface area contributed by atoms with Gasteiger partial charge in [0, 0.05) is 13.0 Å². The Balaban J connectivity index is 2.47. The number of benzene rings is 1. The Bertz CT molecular complexity index is 457. The topological polar surface area (TPSA) is 64.3 Å². The van der Waals surface area contributed by atoms with Crippen LogP contribution in [0.5, 0.6) is 5.75 Å². The fourth-order valence-electron chi connectivity index (χ4n) is 2.04. The largest absolute Gasteiger partial charge is 0.494 e. The molecule has 0 bridgehead atoms. The molecular formula is C18H30N2O2. The molecule has 1 aromatic carbocycles. The van der Waals surface area contributed by atoms with Crippen molar-refractivity contribution in [2.24, 2.45) is 11.7 Å².